The zero-order valence-electron chi connectivity index (χ0n) is 22.1. The van der Waals surface area contributed by atoms with E-state index in [-0.39, 0.29) is 37.4 Å². The van der Waals surface area contributed by atoms with E-state index in [1.807, 2.05) is 13.8 Å². The summed E-state index contributed by atoms with van der Waals surface area (Å²) >= 11 is 0. The number of hydrogen-bond acceptors (Lipinski definition) is 6. The Morgan fingerprint density at radius 3 is 2.24 bits per heavy atom. The van der Waals surface area contributed by atoms with E-state index >= 15 is 0 Å². The SMILES string of the molecule is Cc1cc(N2C(=O)CNC2=O)cc(C)c1C=CS(=O)(=O)N1CCC2(CC1)N=C(C1CCC(C)CC1)NC2=O. The highest BCUT2D eigenvalue weighted by atomic mass is 32.2. The van der Waals surface area contributed by atoms with Gasteiger partial charge < -0.3 is 10.6 Å². The van der Waals surface area contributed by atoms with Crippen molar-refractivity contribution in [1.82, 2.24) is 14.9 Å². The summed E-state index contributed by atoms with van der Waals surface area (Å²) in [6, 6.07) is 2.94. The van der Waals surface area contributed by atoms with Crippen LogP contribution >= 0.6 is 0 Å². The van der Waals surface area contributed by atoms with Crippen molar-refractivity contribution in [2.75, 3.05) is 24.5 Å². The summed E-state index contributed by atoms with van der Waals surface area (Å²) in [4.78, 5) is 42.9. The van der Waals surface area contributed by atoms with Crippen molar-refractivity contribution in [3.05, 3.63) is 34.2 Å². The Labute approximate surface area is 223 Å². The number of urea groups is 1. The number of amides is 4. The van der Waals surface area contributed by atoms with Gasteiger partial charge in [0.2, 0.25) is 10.0 Å². The summed E-state index contributed by atoms with van der Waals surface area (Å²) in [5.41, 5.74) is 1.80. The normalized spacial score (nSPS) is 26.2. The third-order valence-corrected chi connectivity index (χ3v) is 9.96. The fourth-order valence-electron chi connectivity index (χ4n) is 5.99. The Morgan fingerprint density at radius 1 is 1.03 bits per heavy atom. The molecule has 0 aromatic heterocycles. The number of carbonyl (C=O) groups excluding carboxylic acids is 3. The van der Waals surface area contributed by atoms with Gasteiger partial charge in [0.25, 0.3) is 11.8 Å². The van der Waals surface area contributed by atoms with Crippen LogP contribution in [-0.4, -0.2) is 61.6 Å². The van der Waals surface area contributed by atoms with Crippen molar-refractivity contribution in [1.29, 1.82) is 0 Å². The number of nitrogens with one attached hydrogen (secondary N) is 2. The van der Waals surface area contributed by atoms with Gasteiger partial charge in [-0.05, 0) is 80.3 Å². The van der Waals surface area contributed by atoms with Crippen LogP contribution in [0.3, 0.4) is 0 Å². The highest BCUT2D eigenvalue weighted by molar-refractivity contribution is 7.92. The Hall–Kier alpha value is -3.05. The molecule has 0 atom stereocenters. The van der Waals surface area contributed by atoms with Gasteiger partial charge in [0.05, 0.1) is 12.2 Å². The van der Waals surface area contributed by atoms with Crippen molar-refractivity contribution in [3.63, 3.8) is 0 Å². The predicted molar refractivity (Wildman–Crippen MR) is 145 cm³/mol. The van der Waals surface area contributed by atoms with Crippen LogP contribution in [-0.2, 0) is 19.6 Å². The second-order valence-electron chi connectivity index (χ2n) is 11.1. The first-order valence-corrected chi connectivity index (χ1v) is 14.8. The number of hydrogen-bond donors (Lipinski definition) is 2. The van der Waals surface area contributed by atoms with E-state index in [1.54, 1.807) is 18.2 Å². The number of piperidine rings is 1. The molecule has 38 heavy (non-hydrogen) atoms. The molecule has 1 aromatic rings. The lowest BCUT2D eigenvalue weighted by Gasteiger charge is -2.34. The molecule has 204 valence electrons. The summed E-state index contributed by atoms with van der Waals surface area (Å²) < 4.78 is 27.7. The standard InChI is InChI=1S/C27H35N5O5S/c1-17-4-6-20(7-5-17)24-29-25(34)27(30-24)9-11-31(12-10-27)38(36,37)13-8-22-18(2)14-21(15-19(22)3)32-23(33)16-28-26(32)35/h8,13-15,17,20H,4-7,9-12,16H2,1-3H3,(H,28,35)(H,29,30,34). The predicted octanol–water partition coefficient (Wildman–Crippen LogP) is 2.85. The number of carbonyl (C=O) groups is 3. The van der Waals surface area contributed by atoms with Gasteiger partial charge in [0.1, 0.15) is 11.4 Å². The molecule has 0 radical (unpaired) electrons. The zero-order chi connectivity index (χ0) is 27.2. The third-order valence-electron chi connectivity index (χ3n) is 8.40. The summed E-state index contributed by atoms with van der Waals surface area (Å²) in [5, 5.41) is 6.72. The molecule has 3 heterocycles. The van der Waals surface area contributed by atoms with Crippen molar-refractivity contribution in [2.24, 2.45) is 16.8 Å². The quantitative estimate of drug-likeness (QED) is 0.554. The molecule has 2 N–H and O–H groups in total. The number of nitrogens with zero attached hydrogens (tertiary/aromatic N) is 3. The fourth-order valence-corrected chi connectivity index (χ4v) is 7.16. The zero-order valence-corrected chi connectivity index (χ0v) is 22.9. The van der Waals surface area contributed by atoms with Gasteiger partial charge in [-0.1, -0.05) is 19.8 Å². The van der Waals surface area contributed by atoms with Crippen LogP contribution in [0.4, 0.5) is 10.5 Å². The van der Waals surface area contributed by atoms with Gasteiger partial charge in [0, 0.05) is 24.4 Å². The van der Waals surface area contributed by atoms with E-state index in [2.05, 4.69) is 17.6 Å². The lowest BCUT2D eigenvalue weighted by Crippen LogP contribution is -2.50. The van der Waals surface area contributed by atoms with Crippen LogP contribution in [0.15, 0.2) is 22.5 Å². The van der Waals surface area contributed by atoms with Gasteiger partial charge >= 0.3 is 6.03 Å². The molecular formula is C27H35N5O5S. The highest BCUT2D eigenvalue weighted by Gasteiger charge is 2.48. The second kappa shape index (κ2) is 9.92. The number of aliphatic imine (C=N–C) groups is 1. The Balaban J connectivity index is 1.27. The molecule has 0 bridgehead atoms. The number of rotatable bonds is 5. The molecule has 5 rings (SSSR count). The molecule has 1 aromatic carbocycles. The fraction of sp³-hybridized carbons (Fsp3) is 0.556. The lowest BCUT2D eigenvalue weighted by atomic mass is 9.82. The Morgan fingerprint density at radius 2 is 1.66 bits per heavy atom. The van der Waals surface area contributed by atoms with E-state index in [1.165, 1.54) is 9.71 Å². The summed E-state index contributed by atoms with van der Waals surface area (Å²) in [6.45, 7) is 6.29. The van der Waals surface area contributed by atoms with Gasteiger partial charge in [-0.25, -0.2) is 18.1 Å². The topological polar surface area (TPSA) is 128 Å². The molecular weight excluding hydrogens is 506 g/mol. The first-order valence-electron chi connectivity index (χ1n) is 13.3. The molecule has 1 saturated carbocycles. The van der Waals surface area contributed by atoms with E-state index in [0.717, 1.165) is 47.5 Å². The molecule has 10 nitrogen and oxygen atoms in total. The minimum Gasteiger partial charge on any atom is -0.328 e. The van der Waals surface area contributed by atoms with Crippen LogP contribution in [0.25, 0.3) is 6.08 Å². The minimum absolute atomic E-state index is 0.0396. The molecule has 0 unspecified atom stereocenters. The largest absolute Gasteiger partial charge is 0.329 e. The Kier molecular flexibility index (Phi) is 6.93. The number of aryl methyl sites for hydroxylation is 2. The highest BCUT2D eigenvalue weighted by Crippen LogP contribution is 2.36. The molecule has 4 aliphatic rings. The molecule has 1 aliphatic carbocycles. The van der Waals surface area contributed by atoms with Crippen molar-refractivity contribution < 1.29 is 22.8 Å². The Bertz CT molecular complexity index is 1300. The van der Waals surface area contributed by atoms with Crippen LogP contribution in [0.5, 0.6) is 0 Å². The second-order valence-corrected chi connectivity index (χ2v) is 12.9. The lowest BCUT2D eigenvalue weighted by molar-refractivity contribution is -0.125. The molecule has 4 amide bonds. The number of amidine groups is 1. The van der Waals surface area contributed by atoms with Crippen molar-refractivity contribution in [3.8, 4) is 0 Å². The summed E-state index contributed by atoms with van der Waals surface area (Å²) in [6.07, 6.45) is 6.61. The van der Waals surface area contributed by atoms with Gasteiger partial charge in [-0.3, -0.25) is 14.6 Å². The minimum atomic E-state index is -3.72. The first kappa shape index (κ1) is 26.6. The van der Waals surface area contributed by atoms with E-state index < -0.39 is 21.6 Å². The third kappa shape index (κ3) is 4.89. The maximum atomic E-state index is 13.2. The van der Waals surface area contributed by atoms with Gasteiger partial charge in [-0.2, -0.15) is 4.31 Å². The van der Waals surface area contributed by atoms with Gasteiger partial charge in [-0.15, -0.1) is 0 Å². The monoisotopic (exact) mass is 541 g/mol. The average molecular weight is 542 g/mol. The summed E-state index contributed by atoms with van der Waals surface area (Å²) in [7, 11) is -3.72. The van der Waals surface area contributed by atoms with E-state index in [0.29, 0.717) is 30.0 Å². The number of benzene rings is 1. The molecule has 3 aliphatic heterocycles. The maximum Gasteiger partial charge on any atom is 0.329 e. The molecule has 1 spiro atoms. The summed E-state index contributed by atoms with van der Waals surface area (Å²) in [5.74, 6) is 1.36. The van der Waals surface area contributed by atoms with Crippen molar-refractivity contribution in [2.45, 2.75) is 64.8 Å². The van der Waals surface area contributed by atoms with Crippen LogP contribution in [0.1, 0.15) is 62.1 Å². The maximum absolute atomic E-state index is 13.2. The molecule has 2 saturated heterocycles. The van der Waals surface area contributed by atoms with Crippen LogP contribution in [0, 0.1) is 25.7 Å². The van der Waals surface area contributed by atoms with E-state index in [9.17, 15) is 22.8 Å². The number of imide groups is 1. The molecule has 11 heteroatoms. The smallest absolute Gasteiger partial charge is 0.328 e. The molecule has 3 fully saturated rings. The van der Waals surface area contributed by atoms with E-state index in [4.69, 9.17) is 4.99 Å². The number of anilines is 1. The van der Waals surface area contributed by atoms with Crippen molar-refractivity contribution >= 4 is 45.5 Å². The first-order chi connectivity index (χ1) is 18.0. The average Bonchev–Trinajstić information content (AvgIpc) is 3.37. The van der Waals surface area contributed by atoms with Gasteiger partial charge in [0.15, 0.2) is 0 Å². The van der Waals surface area contributed by atoms with Crippen LogP contribution in [0.2, 0.25) is 0 Å². The number of sulfonamides is 1. The van der Waals surface area contributed by atoms with Crippen LogP contribution < -0.4 is 15.5 Å².